The van der Waals surface area contributed by atoms with Crippen molar-refractivity contribution in [3.63, 3.8) is 0 Å². The average Bonchev–Trinajstić information content (AvgIpc) is 3.05. The molecule has 0 rings (SSSR count). The van der Waals surface area contributed by atoms with Crippen molar-refractivity contribution in [2.24, 2.45) is 0 Å². The van der Waals surface area contributed by atoms with Crippen molar-refractivity contribution in [3.05, 3.63) is 12.2 Å². The van der Waals surface area contributed by atoms with Gasteiger partial charge in [-0.15, -0.1) is 0 Å². The maximum atomic E-state index is 11.8. The lowest BCUT2D eigenvalue weighted by atomic mass is 10.1. The highest BCUT2D eigenvalue weighted by Gasteiger charge is 2.03. The fourth-order valence-corrected chi connectivity index (χ4v) is 3.82. The molecule has 0 saturated heterocycles. The third-order valence-corrected chi connectivity index (χ3v) is 6.39. The number of ether oxygens (including phenoxy) is 10. The number of hydrogen-bond donors (Lipinski definition) is 0. The molecule has 12 nitrogen and oxygen atoms in total. The van der Waals surface area contributed by atoms with Gasteiger partial charge in [0.1, 0.15) is 13.2 Å². The van der Waals surface area contributed by atoms with Gasteiger partial charge in [-0.3, -0.25) is 4.79 Å². The van der Waals surface area contributed by atoms with Crippen LogP contribution in [0.2, 0.25) is 0 Å². The predicted octanol–water partition coefficient (Wildman–Crippen LogP) is 4.70. The molecule has 12 heteroatoms. The van der Waals surface area contributed by atoms with Crippen LogP contribution >= 0.6 is 0 Å². The van der Waals surface area contributed by atoms with E-state index in [1.54, 1.807) is 6.92 Å². The van der Waals surface area contributed by atoms with E-state index in [1.165, 1.54) is 44.9 Å². The molecule has 0 aromatic rings. The van der Waals surface area contributed by atoms with Crippen LogP contribution in [0.5, 0.6) is 0 Å². The summed E-state index contributed by atoms with van der Waals surface area (Å²) in [5.41, 5.74) is 0.369. The van der Waals surface area contributed by atoms with E-state index in [9.17, 15) is 9.59 Å². The summed E-state index contributed by atoms with van der Waals surface area (Å²) in [5, 5.41) is 0. The van der Waals surface area contributed by atoms with Gasteiger partial charge in [-0.25, -0.2) is 4.79 Å². The highest BCUT2D eigenvalue weighted by molar-refractivity contribution is 5.86. The molecule has 46 heavy (non-hydrogen) atoms. The van der Waals surface area contributed by atoms with E-state index in [1.807, 2.05) is 0 Å². The van der Waals surface area contributed by atoms with Gasteiger partial charge < -0.3 is 47.4 Å². The molecule has 0 spiro atoms. The Hall–Kier alpha value is -1.64. The van der Waals surface area contributed by atoms with Crippen LogP contribution in [0.3, 0.4) is 0 Å². The topological polar surface area (TPSA) is 126 Å². The Bertz CT molecular complexity index is 677. The lowest BCUT2D eigenvalue weighted by molar-refractivity contribution is -0.145. The van der Waals surface area contributed by atoms with Gasteiger partial charge in [0.05, 0.1) is 106 Å². The van der Waals surface area contributed by atoms with Crippen molar-refractivity contribution < 1.29 is 57.0 Å². The number of hydrogen-bond acceptors (Lipinski definition) is 12. The SMILES string of the molecule is C=C(C)C(=O)OCCOCCOCCOCCOCCOCCOCCOCCOCCOC(=O)CCCCCCCCCCC. The van der Waals surface area contributed by atoms with Gasteiger partial charge in [-0.05, 0) is 13.3 Å². The van der Waals surface area contributed by atoms with Crippen molar-refractivity contribution in [3.8, 4) is 0 Å². The van der Waals surface area contributed by atoms with Crippen LogP contribution in [-0.2, 0) is 57.0 Å². The molecule has 272 valence electrons. The molecule has 0 aliphatic rings. The van der Waals surface area contributed by atoms with Crippen molar-refractivity contribution in [2.75, 3.05) is 119 Å². The molecule has 0 aliphatic carbocycles. The first-order chi connectivity index (χ1) is 22.6. The molecule has 0 fully saturated rings. The third-order valence-electron chi connectivity index (χ3n) is 6.39. The Morgan fingerprint density at radius 3 is 1.02 bits per heavy atom. The smallest absolute Gasteiger partial charge is 0.333 e. The minimum atomic E-state index is -0.413. The van der Waals surface area contributed by atoms with Crippen LogP contribution in [0, 0.1) is 0 Å². The summed E-state index contributed by atoms with van der Waals surface area (Å²) in [6.45, 7) is 15.1. The van der Waals surface area contributed by atoms with Gasteiger partial charge >= 0.3 is 11.9 Å². The first-order valence-corrected chi connectivity index (χ1v) is 17.2. The summed E-state index contributed by atoms with van der Waals surface area (Å²) >= 11 is 0. The largest absolute Gasteiger partial charge is 0.463 e. The first kappa shape index (κ1) is 44.4. The number of unbranched alkanes of at least 4 members (excludes halogenated alkanes) is 8. The standard InChI is InChI=1S/C34H64O12/c1-4-5-6-7-8-9-10-11-12-13-33(35)45-30-28-43-26-24-41-22-20-39-18-16-37-14-15-38-17-19-40-21-23-42-25-27-44-29-31-46-34(36)32(2)3/h2,4-31H2,1,3H3. The lowest BCUT2D eigenvalue weighted by Gasteiger charge is -2.09. The van der Waals surface area contributed by atoms with Crippen LogP contribution < -0.4 is 0 Å². The Balaban J connectivity index is 3.14. The Labute approximate surface area is 278 Å². The van der Waals surface area contributed by atoms with E-state index >= 15 is 0 Å². The summed E-state index contributed by atoms with van der Waals surface area (Å²) in [4.78, 5) is 22.9. The minimum absolute atomic E-state index is 0.140. The number of carbonyl (C=O) groups excluding carboxylic acids is 2. The Morgan fingerprint density at radius 2 is 0.696 bits per heavy atom. The second-order valence-corrected chi connectivity index (χ2v) is 10.6. The molecule has 0 heterocycles. The number of rotatable bonds is 38. The molecular formula is C34H64O12. The van der Waals surface area contributed by atoms with Crippen LogP contribution in [0.4, 0.5) is 0 Å². The number of carbonyl (C=O) groups is 2. The third kappa shape index (κ3) is 36.8. The van der Waals surface area contributed by atoms with E-state index in [-0.39, 0.29) is 19.2 Å². The summed E-state index contributed by atoms with van der Waals surface area (Å²) in [5.74, 6) is -0.554. The summed E-state index contributed by atoms with van der Waals surface area (Å²) in [7, 11) is 0. The van der Waals surface area contributed by atoms with Gasteiger partial charge in [0.25, 0.3) is 0 Å². The van der Waals surface area contributed by atoms with Crippen molar-refractivity contribution >= 4 is 11.9 Å². The predicted molar refractivity (Wildman–Crippen MR) is 175 cm³/mol. The summed E-state index contributed by atoms with van der Waals surface area (Å²) in [6, 6.07) is 0. The molecule has 0 radical (unpaired) electrons. The molecule has 0 unspecified atom stereocenters. The number of esters is 2. The lowest BCUT2D eigenvalue weighted by Crippen LogP contribution is -2.15. The fraction of sp³-hybridized carbons (Fsp3) is 0.882. The van der Waals surface area contributed by atoms with E-state index in [0.29, 0.717) is 118 Å². The monoisotopic (exact) mass is 664 g/mol. The minimum Gasteiger partial charge on any atom is -0.463 e. The first-order valence-electron chi connectivity index (χ1n) is 17.2. The van der Waals surface area contributed by atoms with Gasteiger partial charge in [-0.1, -0.05) is 64.9 Å². The molecule has 0 bridgehead atoms. The van der Waals surface area contributed by atoms with Crippen LogP contribution in [0.15, 0.2) is 12.2 Å². The summed E-state index contributed by atoms with van der Waals surface area (Å²) in [6.07, 6.45) is 11.6. The zero-order valence-corrected chi connectivity index (χ0v) is 28.9. The normalized spacial score (nSPS) is 11.2. The Morgan fingerprint density at radius 1 is 0.413 bits per heavy atom. The second-order valence-electron chi connectivity index (χ2n) is 10.6. The highest BCUT2D eigenvalue weighted by atomic mass is 16.6. The zero-order valence-electron chi connectivity index (χ0n) is 28.9. The van der Waals surface area contributed by atoms with E-state index in [2.05, 4.69) is 13.5 Å². The van der Waals surface area contributed by atoms with Crippen molar-refractivity contribution in [1.82, 2.24) is 0 Å². The van der Waals surface area contributed by atoms with Crippen molar-refractivity contribution in [1.29, 1.82) is 0 Å². The average molecular weight is 665 g/mol. The highest BCUT2D eigenvalue weighted by Crippen LogP contribution is 2.10. The molecule has 0 aromatic carbocycles. The van der Waals surface area contributed by atoms with Gasteiger partial charge in [0, 0.05) is 12.0 Å². The molecule has 0 aromatic heterocycles. The van der Waals surface area contributed by atoms with Gasteiger partial charge in [-0.2, -0.15) is 0 Å². The molecule has 0 atom stereocenters. The molecule has 0 amide bonds. The zero-order chi connectivity index (χ0) is 33.6. The molecule has 0 saturated carbocycles. The second kappa shape index (κ2) is 37.8. The van der Waals surface area contributed by atoms with E-state index < -0.39 is 5.97 Å². The maximum absolute atomic E-state index is 11.8. The van der Waals surface area contributed by atoms with Gasteiger partial charge in [0.2, 0.25) is 0 Å². The van der Waals surface area contributed by atoms with E-state index in [0.717, 1.165) is 12.8 Å². The Kier molecular flexibility index (Phi) is 36.5. The maximum Gasteiger partial charge on any atom is 0.333 e. The van der Waals surface area contributed by atoms with E-state index in [4.69, 9.17) is 47.4 Å². The summed E-state index contributed by atoms with van der Waals surface area (Å²) < 4.78 is 53.5. The van der Waals surface area contributed by atoms with Crippen LogP contribution in [0.1, 0.15) is 78.1 Å². The molecule has 0 aliphatic heterocycles. The quantitative estimate of drug-likeness (QED) is 0.0516. The molecule has 0 N–H and O–H groups in total. The molecular weight excluding hydrogens is 600 g/mol. The van der Waals surface area contributed by atoms with Crippen LogP contribution in [-0.4, -0.2) is 131 Å². The van der Waals surface area contributed by atoms with Crippen LogP contribution in [0.25, 0.3) is 0 Å². The van der Waals surface area contributed by atoms with Crippen molar-refractivity contribution in [2.45, 2.75) is 78.1 Å². The fourth-order valence-electron chi connectivity index (χ4n) is 3.82. The van der Waals surface area contributed by atoms with Gasteiger partial charge in [0.15, 0.2) is 0 Å².